The second-order valence-corrected chi connectivity index (χ2v) is 6.76. The Hall–Kier alpha value is -2.76. The summed E-state index contributed by atoms with van der Waals surface area (Å²) in [5, 5.41) is 4.04. The molecule has 0 aliphatic carbocycles. The van der Waals surface area contributed by atoms with E-state index in [1.165, 1.54) is 11.3 Å². The van der Waals surface area contributed by atoms with Crippen molar-refractivity contribution in [3.63, 3.8) is 0 Å². The van der Waals surface area contributed by atoms with Gasteiger partial charge in [-0.1, -0.05) is 35.9 Å². The molecule has 2 heterocycles. The van der Waals surface area contributed by atoms with Gasteiger partial charge < -0.3 is 5.32 Å². The maximum absolute atomic E-state index is 12.7. The topological polar surface area (TPSA) is 54.9 Å². The average Bonchev–Trinajstić information content (AvgIpc) is 3.07. The highest BCUT2D eigenvalue weighted by molar-refractivity contribution is 7.21. The van der Waals surface area contributed by atoms with Crippen molar-refractivity contribution in [3.05, 3.63) is 77.4 Å². The van der Waals surface area contributed by atoms with Gasteiger partial charge in [-0.2, -0.15) is 0 Å². The van der Waals surface area contributed by atoms with Crippen LogP contribution in [0, 0.1) is 0 Å². The second kappa shape index (κ2) is 6.63. The van der Waals surface area contributed by atoms with Gasteiger partial charge in [0.2, 0.25) is 0 Å². The molecule has 0 saturated carbocycles. The Bertz CT molecular complexity index is 1040. The van der Waals surface area contributed by atoms with Crippen molar-refractivity contribution in [1.82, 2.24) is 9.97 Å². The zero-order valence-corrected chi connectivity index (χ0v) is 14.5. The molecule has 25 heavy (non-hydrogen) atoms. The van der Waals surface area contributed by atoms with E-state index in [1.807, 2.05) is 36.4 Å². The zero-order chi connectivity index (χ0) is 17.2. The molecule has 0 fully saturated rings. The molecule has 0 spiro atoms. The van der Waals surface area contributed by atoms with Crippen molar-refractivity contribution in [2.75, 3.05) is 5.32 Å². The largest absolute Gasteiger partial charge is 0.321 e. The van der Waals surface area contributed by atoms with Crippen LogP contribution in [-0.4, -0.2) is 15.9 Å². The van der Waals surface area contributed by atoms with Crippen LogP contribution >= 0.6 is 22.9 Å². The summed E-state index contributed by atoms with van der Waals surface area (Å²) in [5.74, 6) is -0.268. The smallest absolute Gasteiger partial charge is 0.258 e. The number of nitrogens with one attached hydrogen (secondary N) is 1. The van der Waals surface area contributed by atoms with E-state index < -0.39 is 0 Å². The van der Waals surface area contributed by atoms with Crippen LogP contribution in [0.5, 0.6) is 0 Å². The predicted molar refractivity (Wildman–Crippen MR) is 102 cm³/mol. The number of hydrogen-bond donors (Lipinski definition) is 1. The molecular formula is C19H12ClN3OS. The molecule has 0 saturated heterocycles. The van der Waals surface area contributed by atoms with Gasteiger partial charge in [-0.15, -0.1) is 11.3 Å². The maximum atomic E-state index is 12.7. The minimum Gasteiger partial charge on any atom is -0.321 e. The number of carbonyl (C=O) groups excluding carboxylic acids is 1. The highest BCUT2D eigenvalue weighted by Gasteiger charge is 2.17. The number of aromatic nitrogens is 2. The Morgan fingerprint density at radius 1 is 1.00 bits per heavy atom. The third-order valence-corrected chi connectivity index (χ3v) is 5.04. The van der Waals surface area contributed by atoms with Crippen molar-refractivity contribution < 1.29 is 4.79 Å². The molecule has 4 nitrogen and oxygen atoms in total. The van der Waals surface area contributed by atoms with Gasteiger partial charge in [-0.25, -0.2) is 4.98 Å². The number of fused-ring (bicyclic) bond motifs is 1. The molecule has 4 aromatic rings. The Morgan fingerprint density at radius 2 is 1.80 bits per heavy atom. The van der Waals surface area contributed by atoms with E-state index in [4.69, 9.17) is 11.6 Å². The highest BCUT2D eigenvalue weighted by Crippen LogP contribution is 2.31. The van der Waals surface area contributed by atoms with E-state index in [-0.39, 0.29) is 5.91 Å². The average molecular weight is 366 g/mol. The molecule has 0 aliphatic rings. The lowest BCUT2D eigenvalue weighted by molar-refractivity contribution is 0.102. The normalized spacial score (nSPS) is 10.8. The molecule has 0 atom stereocenters. The summed E-state index contributed by atoms with van der Waals surface area (Å²) in [5.41, 5.74) is 2.48. The number of benzene rings is 2. The standard InChI is InChI=1S/C19H12ClN3OS/c20-13-7-1-2-8-14(13)22-18(24)12-6-5-11-21-17(12)19-23-15-9-3-4-10-16(15)25-19/h1-11H,(H,22,24). The van der Waals surface area contributed by atoms with Crippen molar-refractivity contribution in [3.8, 4) is 10.7 Å². The zero-order valence-electron chi connectivity index (χ0n) is 12.9. The molecule has 1 amide bonds. The molecule has 4 rings (SSSR count). The highest BCUT2D eigenvalue weighted by atomic mass is 35.5. The number of nitrogens with zero attached hydrogens (tertiary/aromatic N) is 2. The number of carbonyl (C=O) groups is 1. The van der Waals surface area contributed by atoms with E-state index in [0.29, 0.717) is 27.0 Å². The third-order valence-electron chi connectivity index (χ3n) is 3.67. The lowest BCUT2D eigenvalue weighted by Gasteiger charge is -2.09. The first-order valence-electron chi connectivity index (χ1n) is 7.59. The van der Waals surface area contributed by atoms with E-state index in [2.05, 4.69) is 15.3 Å². The van der Waals surface area contributed by atoms with E-state index >= 15 is 0 Å². The van der Waals surface area contributed by atoms with Crippen molar-refractivity contribution in [2.45, 2.75) is 0 Å². The summed E-state index contributed by atoms with van der Waals surface area (Å²) in [6, 6.07) is 18.4. The van der Waals surface area contributed by atoms with Crippen molar-refractivity contribution >= 4 is 44.7 Å². The Morgan fingerprint density at radius 3 is 2.64 bits per heavy atom. The number of hydrogen-bond acceptors (Lipinski definition) is 4. The van der Waals surface area contributed by atoms with Gasteiger partial charge >= 0.3 is 0 Å². The van der Waals surface area contributed by atoms with Gasteiger partial charge in [0.15, 0.2) is 0 Å². The van der Waals surface area contributed by atoms with E-state index in [0.717, 1.165) is 10.2 Å². The van der Waals surface area contributed by atoms with Gasteiger partial charge in [0.25, 0.3) is 5.91 Å². The summed E-state index contributed by atoms with van der Waals surface area (Å²) in [4.78, 5) is 21.7. The molecule has 0 bridgehead atoms. The van der Waals surface area contributed by atoms with Gasteiger partial charge in [0, 0.05) is 6.20 Å². The van der Waals surface area contributed by atoms with Gasteiger partial charge in [0.05, 0.1) is 26.5 Å². The molecule has 122 valence electrons. The second-order valence-electron chi connectivity index (χ2n) is 5.32. The fourth-order valence-electron chi connectivity index (χ4n) is 2.48. The van der Waals surface area contributed by atoms with Gasteiger partial charge in [0.1, 0.15) is 10.7 Å². The van der Waals surface area contributed by atoms with Crippen molar-refractivity contribution in [2.24, 2.45) is 0 Å². The SMILES string of the molecule is O=C(Nc1ccccc1Cl)c1cccnc1-c1nc2ccccc2s1. The Balaban J connectivity index is 1.74. The van der Waals surface area contributed by atoms with E-state index in [9.17, 15) is 4.79 Å². The van der Waals surface area contributed by atoms with Crippen LogP contribution < -0.4 is 5.32 Å². The first-order valence-corrected chi connectivity index (χ1v) is 8.78. The summed E-state index contributed by atoms with van der Waals surface area (Å²) in [6.07, 6.45) is 1.66. The predicted octanol–water partition coefficient (Wildman–Crippen LogP) is 5.26. The molecular weight excluding hydrogens is 354 g/mol. The maximum Gasteiger partial charge on any atom is 0.258 e. The molecule has 0 aliphatic heterocycles. The number of halogens is 1. The van der Waals surface area contributed by atoms with Crippen LogP contribution in [0.4, 0.5) is 5.69 Å². The number of pyridine rings is 1. The van der Waals surface area contributed by atoms with Gasteiger partial charge in [-0.3, -0.25) is 9.78 Å². The summed E-state index contributed by atoms with van der Waals surface area (Å²) < 4.78 is 1.06. The number of anilines is 1. The number of rotatable bonds is 3. The molecule has 0 unspecified atom stereocenters. The molecule has 1 N–H and O–H groups in total. The van der Waals surface area contributed by atoms with Crippen LogP contribution in [0.2, 0.25) is 5.02 Å². The Labute approximate surface area is 153 Å². The minimum atomic E-state index is -0.268. The third kappa shape index (κ3) is 3.12. The number of para-hydroxylation sites is 2. The van der Waals surface area contributed by atoms with Crippen LogP contribution in [0.25, 0.3) is 20.9 Å². The number of amides is 1. The lowest BCUT2D eigenvalue weighted by atomic mass is 10.1. The summed E-state index contributed by atoms with van der Waals surface area (Å²) >= 11 is 7.64. The Kier molecular flexibility index (Phi) is 4.17. The molecule has 2 aromatic heterocycles. The van der Waals surface area contributed by atoms with Crippen molar-refractivity contribution in [1.29, 1.82) is 0 Å². The van der Waals surface area contributed by atoms with Crippen LogP contribution in [0.3, 0.4) is 0 Å². The van der Waals surface area contributed by atoms with E-state index in [1.54, 1.807) is 30.5 Å². The molecule has 6 heteroatoms. The fraction of sp³-hybridized carbons (Fsp3) is 0. The van der Waals surface area contributed by atoms with Crippen LogP contribution in [0.1, 0.15) is 10.4 Å². The first kappa shape index (κ1) is 15.7. The first-order chi connectivity index (χ1) is 12.2. The summed E-state index contributed by atoms with van der Waals surface area (Å²) in [7, 11) is 0. The lowest BCUT2D eigenvalue weighted by Crippen LogP contribution is -2.14. The monoisotopic (exact) mass is 365 g/mol. The van der Waals surface area contributed by atoms with Crippen LogP contribution in [0.15, 0.2) is 66.9 Å². The van der Waals surface area contributed by atoms with Crippen LogP contribution in [-0.2, 0) is 0 Å². The number of thiazole rings is 1. The van der Waals surface area contributed by atoms with Gasteiger partial charge in [-0.05, 0) is 36.4 Å². The summed E-state index contributed by atoms with van der Waals surface area (Å²) in [6.45, 7) is 0. The molecule has 0 radical (unpaired) electrons. The molecule has 2 aromatic carbocycles. The quantitative estimate of drug-likeness (QED) is 0.538. The minimum absolute atomic E-state index is 0.268. The fourth-order valence-corrected chi connectivity index (χ4v) is 3.64.